The molecule has 1 aromatic carbocycles. The Hall–Kier alpha value is -3.52. The highest BCUT2D eigenvalue weighted by atomic mass is 16.2. The molecule has 0 radical (unpaired) electrons. The molecule has 0 spiro atoms. The standard InChI is InChI=1S/C23H25N7O/c1-28-19-8-3-2-6-17(19)27-22(28)14-25-23(31)15-29-12-5-9-20(29)18-7-4-10-21(26-18)30-13-11-24-16-30/h2-4,6-8,10-11,13,16,20H,5,9,12,14-15H2,1H3,(H,25,31)/t20-/m0/s1. The molecule has 0 bridgehead atoms. The monoisotopic (exact) mass is 415 g/mol. The summed E-state index contributed by atoms with van der Waals surface area (Å²) in [6.45, 7) is 1.66. The molecule has 4 heterocycles. The molecule has 1 N–H and O–H groups in total. The number of nitrogens with zero attached hydrogens (tertiary/aromatic N) is 6. The van der Waals surface area contributed by atoms with Crippen LogP contribution in [0.5, 0.6) is 0 Å². The van der Waals surface area contributed by atoms with Crippen LogP contribution in [0.2, 0.25) is 0 Å². The van der Waals surface area contributed by atoms with Gasteiger partial charge >= 0.3 is 0 Å². The maximum Gasteiger partial charge on any atom is 0.234 e. The number of carbonyl (C=O) groups excluding carboxylic acids is 1. The average Bonchev–Trinajstić information content (AvgIpc) is 3.54. The number of para-hydroxylation sites is 2. The van der Waals surface area contributed by atoms with Crippen LogP contribution < -0.4 is 5.32 Å². The number of imidazole rings is 2. The number of likely N-dealkylation sites (tertiary alicyclic amines) is 1. The van der Waals surface area contributed by atoms with Gasteiger partial charge in [-0.1, -0.05) is 18.2 Å². The molecule has 4 aromatic rings. The maximum absolute atomic E-state index is 12.7. The second-order valence-electron chi connectivity index (χ2n) is 7.87. The van der Waals surface area contributed by atoms with Gasteiger partial charge in [0.2, 0.25) is 5.91 Å². The van der Waals surface area contributed by atoms with Crippen molar-refractivity contribution >= 4 is 16.9 Å². The molecule has 1 fully saturated rings. The van der Waals surface area contributed by atoms with Crippen LogP contribution >= 0.6 is 0 Å². The van der Waals surface area contributed by atoms with Crippen molar-refractivity contribution in [3.63, 3.8) is 0 Å². The predicted molar refractivity (Wildman–Crippen MR) is 117 cm³/mol. The van der Waals surface area contributed by atoms with Crippen LogP contribution in [0.3, 0.4) is 0 Å². The number of rotatable bonds is 6. The third kappa shape index (κ3) is 3.94. The number of fused-ring (bicyclic) bond motifs is 1. The van der Waals surface area contributed by atoms with Gasteiger partial charge in [-0.2, -0.15) is 0 Å². The van der Waals surface area contributed by atoms with E-state index in [1.54, 1.807) is 12.5 Å². The summed E-state index contributed by atoms with van der Waals surface area (Å²) in [7, 11) is 1.98. The molecule has 3 aromatic heterocycles. The van der Waals surface area contributed by atoms with Crippen molar-refractivity contribution in [2.24, 2.45) is 7.05 Å². The number of hydrogen-bond donors (Lipinski definition) is 1. The Bertz CT molecular complexity index is 1200. The fourth-order valence-corrected chi connectivity index (χ4v) is 4.29. The Morgan fingerprint density at radius 1 is 1.16 bits per heavy atom. The molecule has 1 aliphatic rings. The average molecular weight is 416 g/mol. The summed E-state index contributed by atoms with van der Waals surface area (Å²) in [5.74, 6) is 1.69. The Morgan fingerprint density at radius 3 is 2.90 bits per heavy atom. The van der Waals surface area contributed by atoms with Crippen LogP contribution in [0.1, 0.15) is 30.4 Å². The Labute approximate surface area is 180 Å². The number of carbonyl (C=O) groups is 1. The zero-order valence-electron chi connectivity index (χ0n) is 17.5. The molecular formula is C23H25N7O. The van der Waals surface area contributed by atoms with Gasteiger partial charge in [-0.3, -0.25) is 14.3 Å². The van der Waals surface area contributed by atoms with E-state index >= 15 is 0 Å². The number of hydrogen-bond acceptors (Lipinski definition) is 5. The zero-order valence-corrected chi connectivity index (χ0v) is 17.5. The third-order valence-electron chi connectivity index (χ3n) is 5.90. The number of nitrogens with one attached hydrogen (secondary N) is 1. The fourth-order valence-electron chi connectivity index (χ4n) is 4.29. The normalized spacial score (nSPS) is 16.7. The second kappa shape index (κ2) is 8.31. The van der Waals surface area contributed by atoms with Gasteiger partial charge in [0.05, 0.1) is 35.9 Å². The molecule has 0 saturated carbocycles. The minimum absolute atomic E-state index is 0.00437. The molecule has 0 aliphatic carbocycles. The summed E-state index contributed by atoms with van der Waals surface area (Å²) in [5, 5.41) is 3.04. The van der Waals surface area contributed by atoms with E-state index in [0.717, 1.165) is 47.8 Å². The van der Waals surface area contributed by atoms with Crippen molar-refractivity contribution in [1.29, 1.82) is 0 Å². The quantitative estimate of drug-likeness (QED) is 0.524. The van der Waals surface area contributed by atoms with E-state index in [9.17, 15) is 4.79 Å². The van der Waals surface area contributed by atoms with E-state index in [0.29, 0.717) is 13.1 Å². The van der Waals surface area contributed by atoms with Crippen molar-refractivity contribution in [2.45, 2.75) is 25.4 Å². The lowest BCUT2D eigenvalue weighted by Crippen LogP contribution is -2.37. The molecule has 31 heavy (non-hydrogen) atoms. The van der Waals surface area contributed by atoms with Crippen LogP contribution in [0.25, 0.3) is 16.9 Å². The van der Waals surface area contributed by atoms with Gasteiger partial charge in [0.15, 0.2) is 0 Å². The van der Waals surface area contributed by atoms with Crippen molar-refractivity contribution < 1.29 is 4.79 Å². The molecule has 1 atom stereocenters. The van der Waals surface area contributed by atoms with E-state index in [1.165, 1.54) is 0 Å². The largest absolute Gasteiger partial charge is 0.348 e. The van der Waals surface area contributed by atoms with Crippen LogP contribution in [0, 0.1) is 0 Å². The van der Waals surface area contributed by atoms with Gasteiger partial charge in [-0.25, -0.2) is 15.0 Å². The summed E-state index contributed by atoms with van der Waals surface area (Å²) in [6.07, 6.45) is 7.42. The van der Waals surface area contributed by atoms with E-state index in [4.69, 9.17) is 4.98 Å². The minimum atomic E-state index is 0.00437. The van der Waals surface area contributed by atoms with Crippen molar-refractivity contribution in [2.75, 3.05) is 13.1 Å². The van der Waals surface area contributed by atoms with Gasteiger partial charge in [0.25, 0.3) is 0 Å². The van der Waals surface area contributed by atoms with Crippen LogP contribution in [0.15, 0.2) is 61.2 Å². The number of benzene rings is 1. The van der Waals surface area contributed by atoms with Gasteiger partial charge in [0, 0.05) is 19.4 Å². The van der Waals surface area contributed by atoms with Crippen molar-refractivity contribution in [3.8, 4) is 5.82 Å². The summed E-state index contributed by atoms with van der Waals surface area (Å²) in [4.78, 5) is 28.5. The molecular weight excluding hydrogens is 390 g/mol. The number of aryl methyl sites for hydroxylation is 1. The summed E-state index contributed by atoms with van der Waals surface area (Å²) in [6, 6.07) is 14.2. The van der Waals surface area contributed by atoms with E-state index < -0.39 is 0 Å². The maximum atomic E-state index is 12.7. The highest BCUT2D eigenvalue weighted by Crippen LogP contribution is 2.30. The Kier molecular flexibility index (Phi) is 5.21. The first-order chi connectivity index (χ1) is 15.2. The van der Waals surface area contributed by atoms with Gasteiger partial charge in [-0.15, -0.1) is 0 Å². The highest BCUT2D eigenvalue weighted by Gasteiger charge is 2.28. The first-order valence-electron chi connectivity index (χ1n) is 10.6. The van der Waals surface area contributed by atoms with Crippen molar-refractivity contribution in [1.82, 2.24) is 34.3 Å². The Balaban J connectivity index is 1.24. The topological polar surface area (TPSA) is 80.9 Å². The van der Waals surface area contributed by atoms with Gasteiger partial charge < -0.3 is 9.88 Å². The van der Waals surface area contributed by atoms with Crippen molar-refractivity contribution in [3.05, 3.63) is 72.7 Å². The zero-order chi connectivity index (χ0) is 21.2. The van der Waals surface area contributed by atoms with Gasteiger partial charge in [-0.05, 0) is 43.7 Å². The summed E-state index contributed by atoms with van der Waals surface area (Å²) >= 11 is 0. The van der Waals surface area contributed by atoms with E-state index in [-0.39, 0.29) is 11.9 Å². The number of aromatic nitrogens is 5. The molecule has 1 amide bonds. The molecule has 158 valence electrons. The SMILES string of the molecule is Cn1c(CNC(=O)CN2CCC[C@H]2c2cccc(-n3ccnc3)n2)nc2ccccc21. The first-order valence-corrected chi connectivity index (χ1v) is 10.6. The van der Waals surface area contributed by atoms with E-state index in [2.05, 4.69) is 20.2 Å². The second-order valence-corrected chi connectivity index (χ2v) is 7.87. The lowest BCUT2D eigenvalue weighted by Gasteiger charge is -2.23. The van der Waals surface area contributed by atoms with Gasteiger partial charge in [0.1, 0.15) is 18.0 Å². The summed E-state index contributed by atoms with van der Waals surface area (Å²) < 4.78 is 3.92. The highest BCUT2D eigenvalue weighted by molar-refractivity contribution is 5.78. The molecule has 1 aliphatic heterocycles. The minimum Gasteiger partial charge on any atom is -0.348 e. The van der Waals surface area contributed by atoms with Crippen LogP contribution in [0.4, 0.5) is 0 Å². The first kappa shape index (κ1) is 19.4. The lowest BCUT2D eigenvalue weighted by atomic mass is 10.1. The van der Waals surface area contributed by atoms with Crippen LogP contribution in [-0.2, 0) is 18.4 Å². The van der Waals surface area contributed by atoms with E-state index in [1.807, 2.05) is 64.8 Å². The fraction of sp³-hybridized carbons (Fsp3) is 0.304. The molecule has 8 heteroatoms. The van der Waals surface area contributed by atoms with Crippen LogP contribution in [-0.4, -0.2) is 48.0 Å². The molecule has 0 unspecified atom stereocenters. The smallest absolute Gasteiger partial charge is 0.234 e. The molecule has 8 nitrogen and oxygen atoms in total. The number of amides is 1. The molecule has 1 saturated heterocycles. The third-order valence-corrected chi connectivity index (χ3v) is 5.90. The number of pyridine rings is 1. The molecule has 5 rings (SSSR count). The Morgan fingerprint density at radius 2 is 2.06 bits per heavy atom. The lowest BCUT2D eigenvalue weighted by molar-refractivity contribution is -0.122. The summed E-state index contributed by atoms with van der Waals surface area (Å²) in [5.41, 5.74) is 3.00. The predicted octanol–water partition coefficient (Wildman–Crippen LogP) is 2.61.